The molecule has 74 valence electrons. The van der Waals surface area contributed by atoms with Gasteiger partial charge in [-0.3, -0.25) is 9.78 Å². The molecule has 0 aliphatic carbocycles. The molecule has 0 aliphatic rings. The van der Waals surface area contributed by atoms with E-state index in [1.807, 2.05) is 0 Å². The highest BCUT2D eigenvalue weighted by Gasteiger charge is 1.94. The van der Waals surface area contributed by atoms with Gasteiger partial charge in [0, 0.05) is 11.9 Å². The van der Waals surface area contributed by atoms with Crippen LogP contribution < -0.4 is 5.73 Å². The average molecular weight is 192 g/mol. The Kier molecular flexibility index (Phi) is 3.67. The van der Waals surface area contributed by atoms with Gasteiger partial charge in [0.05, 0.1) is 19.2 Å². The quantitative estimate of drug-likeness (QED) is 0.732. The Morgan fingerprint density at radius 3 is 3.14 bits per heavy atom. The number of nitrogen functional groups attached to an aromatic ring is 1. The van der Waals surface area contributed by atoms with Crippen molar-refractivity contribution >= 4 is 17.7 Å². The molecule has 2 N–H and O–H groups in total. The normalized spacial score (nSPS) is 10.4. The molecule has 0 saturated heterocycles. The summed E-state index contributed by atoms with van der Waals surface area (Å²) in [5.74, 6) is -0.273. The first kappa shape index (κ1) is 10.2. The lowest BCUT2D eigenvalue weighted by atomic mass is 10.3. The molecule has 1 heterocycles. The summed E-state index contributed by atoms with van der Waals surface area (Å²) in [4.78, 5) is 14.8. The van der Waals surface area contributed by atoms with E-state index in [0.29, 0.717) is 5.69 Å². The Balaban J connectivity index is 2.56. The van der Waals surface area contributed by atoms with Gasteiger partial charge in [0.2, 0.25) is 0 Å². The van der Waals surface area contributed by atoms with Gasteiger partial charge in [0.25, 0.3) is 0 Å². The molecular weight excluding hydrogens is 180 g/mol. The molecule has 0 radical (unpaired) electrons. The third-order valence-corrected chi connectivity index (χ3v) is 1.61. The van der Waals surface area contributed by atoms with Crippen LogP contribution in [0.4, 0.5) is 5.69 Å². The van der Waals surface area contributed by atoms with Crippen LogP contribution in [0.2, 0.25) is 0 Å². The zero-order chi connectivity index (χ0) is 10.4. The zero-order valence-electron chi connectivity index (χ0n) is 7.93. The highest BCUT2D eigenvalue weighted by atomic mass is 16.5. The predicted octanol–water partition coefficient (Wildman–Crippen LogP) is 1.24. The van der Waals surface area contributed by atoms with Gasteiger partial charge in [-0.25, -0.2) is 0 Å². The zero-order valence-corrected chi connectivity index (χ0v) is 7.93. The summed E-state index contributed by atoms with van der Waals surface area (Å²) in [6.07, 6.45) is 5.28. The van der Waals surface area contributed by atoms with Gasteiger partial charge in [-0.2, -0.15) is 0 Å². The highest BCUT2D eigenvalue weighted by molar-refractivity contribution is 5.72. The number of ether oxygens (including phenoxy) is 1. The summed E-state index contributed by atoms with van der Waals surface area (Å²) in [5.41, 5.74) is 6.93. The maximum absolute atomic E-state index is 10.8. The molecule has 0 unspecified atom stereocenters. The monoisotopic (exact) mass is 192 g/mol. The standard InChI is InChI=1S/C10H12N2O2/c1-14-10(13)4-2-3-9-7-8(11)5-6-12-9/h2-3,5-7H,4H2,1H3,(H2,11,12). The van der Waals surface area contributed by atoms with E-state index in [1.165, 1.54) is 7.11 Å². The summed E-state index contributed by atoms with van der Waals surface area (Å²) in [7, 11) is 1.36. The Hall–Kier alpha value is -1.84. The first-order chi connectivity index (χ1) is 6.72. The van der Waals surface area contributed by atoms with E-state index in [4.69, 9.17) is 5.73 Å². The van der Waals surface area contributed by atoms with E-state index in [1.54, 1.807) is 30.5 Å². The Morgan fingerprint density at radius 2 is 2.50 bits per heavy atom. The topological polar surface area (TPSA) is 65.2 Å². The third-order valence-electron chi connectivity index (χ3n) is 1.61. The maximum Gasteiger partial charge on any atom is 0.309 e. The molecule has 14 heavy (non-hydrogen) atoms. The van der Waals surface area contributed by atoms with Crippen molar-refractivity contribution in [2.75, 3.05) is 12.8 Å². The first-order valence-electron chi connectivity index (χ1n) is 4.17. The number of nitrogens with two attached hydrogens (primary N) is 1. The maximum atomic E-state index is 10.8. The highest BCUT2D eigenvalue weighted by Crippen LogP contribution is 2.04. The molecule has 0 fully saturated rings. The SMILES string of the molecule is COC(=O)CC=Cc1cc(N)ccn1. The minimum absolute atomic E-state index is 0.243. The van der Waals surface area contributed by atoms with E-state index in [9.17, 15) is 4.79 Å². The minimum Gasteiger partial charge on any atom is -0.469 e. The molecule has 0 aromatic carbocycles. The van der Waals surface area contributed by atoms with Gasteiger partial charge < -0.3 is 10.5 Å². The van der Waals surface area contributed by atoms with Crippen LogP contribution in [-0.2, 0) is 9.53 Å². The van der Waals surface area contributed by atoms with Crippen molar-refractivity contribution in [2.45, 2.75) is 6.42 Å². The molecule has 1 aromatic rings. The van der Waals surface area contributed by atoms with E-state index < -0.39 is 0 Å². The number of rotatable bonds is 3. The number of esters is 1. The summed E-state index contributed by atoms with van der Waals surface area (Å²) >= 11 is 0. The number of carbonyl (C=O) groups excluding carboxylic acids is 1. The van der Waals surface area contributed by atoms with Crippen molar-refractivity contribution in [1.29, 1.82) is 0 Å². The molecule has 4 heteroatoms. The number of pyridine rings is 1. The van der Waals surface area contributed by atoms with Gasteiger partial charge in [-0.05, 0) is 18.2 Å². The van der Waals surface area contributed by atoms with Crippen LogP contribution in [0.1, 0.15) is 12.1 Å². The van der Waals surface area contributed by atoms with Crippen LogP contribution in [0, 0.1) is 0 Å². The molecule has 1 aromatic heterocycles. The summed E-state index contributed by atoms with van der Waals surface area (Å²) in [6, 6.07) is 3.44. The van der Waals surface area contributed by atoms with Gasteiger partial charge in [-0.1, -0.05) is 6.08 Å². The fourth-order valence-corrected chi connectivity index (χ4v) is 0.916. The number of anilines is 1. The molecule has 0 spiro atoms. The van der Waals surface area contributed by atoms with E-state index in [0.717, 1.165) is 5.69 Å². The van der Waals surface area contributed by atoms with Crippen LogP contribution in [-0.4, -0.2) is 18.1 Å². The molecule has 0 aliphatic heterocycles. The largest absolute Gasteiger partial charge is 0.469 e. The number of nitrogens with zero attached hydrogens (tertiary/aromatic N) is 1. The Morgan fingerprint density at radius 1 is 1.71 bits per heavy atom. The molecule has 1 rings (SSSR count). The van der Waals surface area contributed by atoms with E-state index in [2.05, 4.69) is 9.72 Å². The first-order valence-corrected chi connectivity index (χ1v) is 4.17. The lowest BCUT2D eigenvalue weighted by Gasteiger charge is -1.95. The number of hydrogen-bond acceptors (Lipinski definition) is 4. The second-order valence-electron chi connectivity index (χ2n) is 2.70. The fourth-order valence-electron chi connectivity index (χ4n) is 0.916. The van der Waals surface area contributed by atoms with Gasteiger partial charge >= 0.3 is 5.97 Å². The average Bonchev–Trinajstić information content (AvgIpc) is 2.17. The molecule has 0 amide bonds. The molecular formula is C10H12N2O2. The number of hydrogen-bond donors (Lipinski definition) is 1. The Labute approximate surface area is 82.4 Å². The van der Waals surface area contributed by atoms with Crippen molar-refractivity contribution in [1.82, 2.24) is 4.98 Å². The van der Waals surface area contributed by atoms with Gasteiger partial charge in [0.1, 0.15) is 0 Å². The van der Waals surface area contributed by atoms with E-state index >= 15 is 0 Å². The van der Waals surface area contributed by atoms with Crippen LogP contribution in [0.5, 0.6) is 0 Å². The molecule has 0 saturated carbocycles. The predicted molar refractivity (Wildman–Crippen MR) is 54.3 cm³/mol. The smallest absolute Gasteiger partial charge is 0.309 e. The van der Waals surface area contributed by atoms with Crippen molar-refractivity contribution < 1.29 is 9.53 Å². The van der Waals surface area contributed by atoms with Gasteiger partial charge in [-0.15, -0.1) is 0 Å². The van der Waals surface area contributed by atoms with Crippen molar-refractivity contribution in [3.05, 3.63) is 30.1 Å². The minimum atomic E-state index is -0.273. The van der Waals surface area contributed by atoms with Crippen LogP contribution in [0.3, 0.4) is 0 Å². The fraction of sp³-hybridized carbons (Fsp3) is 0.200. The summed E-state index contributed by atoms with van der Waals surface area (Å²) in [5, 5.41) is 0. The van der Waals surface area contributed by atoms with Crippen molar-refractivity contribution in [3.63, 3.8) is 0 Å². The molecule has 0 bridgehead atoms. The lowest BCUT2D eigenvalue weighted by molar-refractivity contribution is -0.139. The number of aromatic nitrogens is 1. The van der Waals surface area contributed by atoms with Gasteiger partial charge in [0.15, 0.2) is 0 Å². The van der Waals surface area contributed by atoms with Crippen molar-refractivity contribution in [2.24, 2.45) is 0 Å². The van der Waals surface area contributed by atoms with E-state index in [-0.39, 0.29) is 12.4 Å². The molecule has 4 nitrogen and oxygen atoms in total. The summed E-state index contributed by atoms with van der Waals surface area (Å²) < 4.78 is 4.48. The third kappa shape index (κ3) is 3.26. The lowest BCUT2D eigenvalue weighted by Crippen LogP contribution is -1.96. The Bertz CT molecular complexity index is 348. The summed E-state index contributed by atoms with van der Waals surface area (Å²) in [6.45, 7) is 0. The van der Waals surface area contributed by atoms with Crippen molar-refractivity contribution in [3.8, 4) is 0 Å². The van der Waals surface area contributed by atoms with Crippen LogP contribution in [0.25, 0.3) is 6.08 Å². The van der Waals surface area contributed by atoms with Crippen LogP contribution >= 0.6 is 0 Å². The number of methoxy groups -OCH3 is 1. The second-order valence-corrected chi connectivity index (χ2v) is 2.70. The second kappa shape index (κ2) is 5.01. The molecule has 0 atom stereocenters. The number of carbonyl (C=O) groups is 1. The van der Waals surface area contributed by atoms with Crippen LogP contribution in [0.15, 0.2) is 24.4 Å².